The standard InChI is InChI=1S/C14H20/c1-2-12-7-11(1)8-13(12)14-5-3-10(9-14)4-6-14/h10-11H,1-9H2. The largest absolute Gasteiger partial charge is 0.0701 e. The van der Waals surface area contributed by atoms with Crippen LogP contribution >= 0.6 is 0 Å². The highest BCUT2D eigenvalue weighted by atomic mass is 14.5. The Morgan fingerprint density at radius 2 is 1.79 bits per heavy atom. The van der Waals surface area contributed by atoms with Gasteiger partial charge in [-0.3, -0.25) is 0 Å². The SMILES string of the molecule is C1CC2CC1=C(C13CCC(CC1)C3)C2. The van der Waals surface area contributed by atoms with E-state index in [4.69, 9.17) is 0 Å². The van der Waals surface area contributed by atoms with Gasteiger partial charge >= 0.3 is 0 Å². The highest BCUT2D eigenvalue weighted by molar-refractivity contribution is 5.33. The van der Waals surface area contributed by atoms with E-state index in [-0.39, 0.29) is 0 Å². The van der Waals surface area contributed by atoms with Gasteiger partial charge in [-0.05, 0) is 75.0 Å². The van der Waals surface area contributed by atoms with Crippen molar-refractivity contribution in [2.24, 2.45) is 17.3 Å². The molecule has 4 bridgehead atoms. The molecule has 3 saturated carbocycles. The van der Waals surface area contributed by atoms with Crippen molar-refractivity contribution in [3.8, 4) is 0 Å². The van der Waals surface area contributed by atoms with E-state index in [0.29, 0.717) is 0 Å². The van der Waals surface area contributed by atoms with Crippen LogP contribution < -0.4 is 0 Å². The zero-order valence-electron chi connectivity index (χ0n) is 9.02. The highest BCUT2D eigenvalue weighted by Crippen LogP contribution is 2.63. The van der Waals surface area contributed by atoms with Crippen molar-refractivity contribution in [1.82, 2.24) is 0 Å². The van der Waals surface area contributed by atoms with E-state index in [1.165, 1.54) is 25.7 Å². The first-order valence-electron chi connectivity index (χ1n) is 6.57. The average molecular weight is 188 g/mol. The molecule has 0 heterocycles. The molecular formula is C14H20. The maximum Gasteiger partial charge on any atom is -0.00825 e. The first-order valence-corrected chi connectivity index (χ1v) is 6.57. The summed E-state index contributed by atoms with van der Waals surface area (Å²) in [5.74, 6) is 2.22. The predicted octanol–water partition coefficient (Wildman–Crippen LogP) is 4.07. The molecule has 4 aliphatic carbocycles. The Kier molecular flexibility index (Phi) is 1.40. The van der Waals surface area contributed by atoms with Gasteiger partial charge in [0.2, 0.25) is 0 Å². The maximum absolute atomic E-state index is 1.99. The van der Waals surface area contributed by atoms with Gasteiger partial charge in [-0.15, -0.1) is 0 Å². The number of hydrogen-bond acceptors (Lipinski definition) is 0. The molecule has 0 nitrogen and oxygen atoms in total. The van der Waals surface area contributed by atoms with Crippen LogP contribution in [0.25, 0.3) is 0 Å². The molecule has 0 amide bonds. The quantitative estimate of drug-likeness (QED) is 0.544. The van der Waals surface area contributed by atoms with Crippen LogP contribution in [0.2, 0.25) is 0 Å². The van der Waals surface area contributed by atoms with Crippen molar-refractivity contribution in [3.05, 3.63) is 11.1 Å². The highest BCUT2D eigenvalue weighted by Gasteiger charge is 2.50. The minimum atomic E-state index is 0.773. The molecule has 0 spiro atoms. The van der Waals surface area contributed by atoms with Crippen molar-refractivity contribution in [2.45, 2.75) is 57.8 Å². The summed E-state index contributed by atoms with van der Waals surface area (Å²) in [6, 6.07) is 0. The maximum atomic E-state index is 1.99. The van der Waals surface area contributed by atoms with E-state index in [0.717, 1.165) is 17.3 Å². The molecule has 76 valence electrons. The van der Waals surface area contributed by atoms with Crippen LogP contribution in [0.15, 0.2) is 11.1 Å². The monoisotopic (exact) mass is 188 g/mol. The van der Waals surface area contributed by atoms with Gasteiger partial charge < -0.3 is 0 Å². The lowest BCUT2D eigenvalue weighted by molar-refractivity contribution is 0.336. The fourth-order valence-corrected chi connectivity index (χ4v) is 5.02. The summed E-state index contributed by atoms with van der Waals surface area (Å²) in [5.41, 5.74) is 4.70. The van der Waals surface area contributed by atoms with Crippen molar-refractivity contribution in [2.75, 3.05) is 0 Å². The zero-order valence-corrected chi connectivity index (χ0v) is 9.02. The van der Waals surface area contributed by atoms with Gasteiger partial charge in [-0.1, -0.05) is 11.1 Å². The van der Waals surface area contributed by atoms with Crippen LogP contribution in [-0.2, 0) is 0 Å². The molecule has 0 heteroatoms. The molecule has 1 unspecified atom stereocenters. The number of fused-ring (bicyclic) bond motifs is 4. The third-order valence-corrected chi connectivity index (χ3v) is 5.69. The van der Waals surface area contributed by atoms with Gasteiger partial charge in [-0.25, -0.2) is 0 Å². The smallest absolute Gasteiger partial charge is 0.00825 e. The second-order valence-electron chi connectivity index (χ2n) is 6.32. The molecule has 0 aromatic heterocycles. The molecule has 0 aromatic carbocycles. The molecule has 4 aliphatic rings. The summed E-state index contributed by atoms with van der Waals surface area (Å²) >= 11 is 0. The summed E-state index contributed by atoms with van der Waals surface area (Å²) in [6.45, 7) is 0. The van der Waals surface area contributed by atoms with E-state index >= 15 is 0 Å². The fourth-order valence-electron chi connectivity index (χ4n) is 5.02. The van der Waals surface area contributed by atoms with Gasteiger partial charge in [0.25, 0.3) is 0 Å². The normalized spacial score (nSPS) is 49.7. The summed E-state index contributed by atoms with van der Waals surface area (Å²) < 4.78 is 0. The molecule has 3 fully saturated rings. The van der Waals surface area contributed by atoms with Crippen molar-refractivity contribution in [3.63, 3.8) is 0 Å². The van der Waals surface area contributed by atoms with Crippen molar-refractivity contribution >= 4 is 0 Å². The number of allylic oxidation sites excluding steroid dienone is 2. The predicted molar refractivity (Wildman–Crippen MR) is 58.0 cm³/mol. The first kappa shape index (κ1) is 7.96. The fraction of sp³-hybridized carbons (Fsp3) is 0.857. The van der Waals surface area contributed by atoms with Gasteiger partial charge in [0, 0.05) is 0 Å². The molecule has 0 aromatic rings. The Morgan fingerprint density at radius 3 is 2.29 bits per heavy atom. The van der Waals surface area contributed by atoms with Gasteiger partial charge in [-0.2, -0.15) is 0 Å². The minimum Gasteiger partial charge on any atom is -0.0701 e. The molecule has 4 rings (SSSR count). The molecule has 0 radical (unpaired) electrons. The van der Waals surface area contributed by atoms with Crippen molar-refractivity contribution < 1.29 is 0 Å². The third-order valence-electron chi connectivity index (χ3n) is 5.69. The third kappa shape index (κ3) is 0.857. The van der Waals surface area contributed by atoms with Gasteiger partial charge in [0.1, 0.15) is 0 Å². The van der Waals surface area contributed by atoms with E-state index < -0.39 is 0 Å². The second-order valence-corrected chi connectivity index (χ2v) is 6.32. The minimum absolute atomic E-state index is 0.773. The lowest BCUT2D eigenvalue weighted by Crippen LogP contribution is -2.19. The molecule has 0 saturated heterocycles. The lowest BCUT2D eigenvalue weighted by atomic mass is 9.73. The Hall–Kier alpha value is -0.260. The lowest BCUT2D eigenvalue weighted by Gasteiger charge is -2.31. The summed E-state index contributed by atoms with van der Waals surface area (Å²) in [6.07, 6.45) is 13.8. The Balaban J connectivity index is 1.75. The van der Waals surface area contributed by atoms with E-state index in [9.17, 15) is 0 Å². The summed E-state index contributed by atoms with van der Waals surface area (Å²) in [7, 11) is 0. The van der Waals surface area contributed by atoms with Crippen LogP contribution in [0.3, 0.4) is 0 Å². The van der Waals surface area contributed by atoms with Crippen LogP contribution in [0.1, 0.15) is 57.8 Å². The van der Waals surface area contributed by atoms with Crippen LogP contribution in [0.4, 0.5) is 0 Å². The Labute approximate surface area is 86.8 Å². The molecular weight excluding hydrogens is 168 g/mol. The van der Waals surface area contributed by atoms with E-state index in [2.05, 4.69) is 0 Å². The van der Waals surface area contributed by atoms with Crippen LogP contribution in [0.5, 0.6) is 0 Å². The summed E-state index contributed by atoms with van der Waals surface area (Å²) in [4.78, 5) is 0. The van der Waals surface area contributed by atoms with Crippen molar-refractivity contribution in [1.29, 1.82) is 0 Å². The van der Waals surface area contributed by atoms with Gasteiger partial charge in [0.05, 0.1) is 0 Å². The number of hydrogen-bond donors (Lipinski definition) is 0. The first-order chi connectivity index (χ1) is 6.86. The van der Waals surface area contributed by atoms with E-state index in [1.54, 1.807) is 32.1 Å². The molecule has 0 N–H and O–H groups in total. The van der Waals surface area contributed by atoms with E-state index in [1.807, 2.05) is 11.1 Å². The molecule has 14 heavy (non-hydrogen) atoms. The average Bonchev–Trinajstić information content (AvgIpc) is 2.98. The van der Waals surface area contributed by atoms with Gasteiger partial charge in [0.15, 0.2) is 0 Å². The van der Waals surface area contributed by atoms with Crippen LogP contribution in [0, 0.1) is 17.3 Å². The molecule has 0 aliphatic heterocycles. The Morgan fingerprint density at radius 1 is 0.929 bits per heavy atom. The zero-order chi connectivity index (χ0) is 9.17. The number of rotatable bonds is 1. The second kappa shape index (κ2) is 2.46. The molecule has 1 atom stereocenters. The summed E-state index contributed by atoms with van der Waals surface area (Å²) in [5, 5.41) is 0. The van der Waals surface area contributed by atoms with Crippen LogP contribution in [-0.4, -0.2) is 0 Å². The Bertz CT molecular complexity index is 302. The topological polar surface area (TPSA) is 0 Å².